The summed E-state index contributed by atoms with van der Waals surface area (Å²) >= 11 is 12.7. The van der Waals surface area contributed by atoms with E-state index in [1.54, 1.807) is 13.0 Å². The average molecular weight is 678 g/mol. The van der Waals surface area contributed by atoms with Crippen molar-refractivity contribution in [2.45, 2.75) is 13.8 Å². The van der Waals surface area contributed by atoms with Gasteiger partial charge in [0.15, 0.2) is 5.78 Å². The van der Waals surface area contributed by atoms with Crippen LogP contribution in [-0.2, 0) is 4.74 Å². The largest absolute Gasteiger partial charge is 0.462 e. The second-order valence-electron chi connectivity index (χ2n) is 10.1. The summed E-state index contributed by atoms with van der Waals surface area (Å²) in [6.07, 6.45) is 5.95. The summed E-state index contributed by atoms with van der Waals surface area (Å²) in [5.74, 6) is 0.347. The zero-order valence-electron chi connectivity index (χ0n) is 26.1. The number of hydrogen-bond donors (Lipinski definition) is 0. The van der Waals surface area contributed by atoms with E-state index in [1.165, 1.54) is 31.7 Å². The van der Waals surface area contributed by atoms with Gasteiger partial charge in [0, 0.05) is 36.2 Å². The molecule has 0 radical (unpaired) electrons. The number of ketones is 1. The highest BCUT2D eigenvalue weighted by Gasteiger charge is 2.19. The van der Waals surface area contributed by atoms with Gasteiger partial charge in [-0.05, 0) is 62.4 Å². The second-order valence-corrected chi connectivity index (χ2v) is 10.9. The molecule has 4 aromatic carbocycles. The molecule has 2 heterocycles. The molecule has 0 aliphatic rings. The molecule has 6 rings (SSSR count). The van der Waals surface area contributed by atoms with E-state index in [1.807, 2.05) is 113 Å². The van der Waals surface area contributed by atoms with Gasteiger partial charge >= 0.3 is 5.97 Å². The summed E-state index contributed by atoms with van der Waals surface area (Å²) in [7, 11) is 0. The van der Waals surface area contributed by atoms with Crippen LogP contribution in [0.4, 0.5) is 34.6 Å². The second kappa shape index (κ2) is 16.3. The molecule has 0 unspecified atom stereocenters. The number of carbonyl (C=O) groups excluding carboxylic acids is 2. The van der Waals surface area contributed by atoms with Crippen LogP contribution in [0.5, 0.6) is 0 Å². The van der Waals surface area contributed by atoms with Crippen molar-refractivity contribution in [1.29, 1.82) is 0 Å². The first-order valence-corrected chi connectivity index (χ1v) is 15.6. The van der Waals surface area contributed by atoms with Crippen molar-refractivity contribution in [1.82, 2.24) is 19.9 Å². The lowest BCUT2D eigenvalue weighted by Gasteiger charge is -2.23. The number of ether oxygens (including phenoxy) is 1. The Kier molecular flexibility index (Phi) is 11.4. The normalized spacial score (nSPS) is 10.3. The predicted octanol–water partition coefficient (Wildman–Crippen LogP) is 9.58. The van der Waals surface area contributed by atoms with E-state index in [0.29, 0.717) is 39.7 Å². The summed E-state index contributed by atoms with van der Waals surface area (Å²) < 4.78 is 4.96. The zero-order chi connectivity index (χ0) is 33.9. The van der Waals surface area contributed by atoms with Crippen LogP contribution in [0.1, 0.15) is 34.6 Å². The van der Waals surface area contributed by atoms with Gasteiger partial charge < -0.3 is 4.74 Å². The standard InChI is InChI=1S/C19H16ClN3O2.C18H14ClN3O/c1-2-25-18(24)14-12-21-19(22-13-14)23(15-8-4-3-5-9-15)17-11-7-6-10-16(17)20;1-13(23)14-11-20-18(21-12-14)22(15-7-3-2-4-8-15)17-10-6-5-9-16(17)19/h3-13H,2H2,1H3;2-12H,1H3. The van der Waals surface area contributed by atoms with E-state index < -0.39 is 5.97 Å². The first kappa shape index (κ1) is 33.7. The fourth-order valence-electron chi connectivity index (χ4n) is 4.52. The molecule has 0 saturated heterocycles. The lowest BCUT2D eigenvalue weighted by atomic mass is 10.2. The fourth-order valence-corrected chi connectivity index (χ4v) is 4.96. The molecule has 48 heavy (non-hydrogen) atoms. The van der Waals surface area contributed by atoms with Gasteiger partial charge in [-0.15, -0.1) is 0 Å². The highest BCUT2D eigenvalue weighted by Crippen LogP contribution is 2.37. The number of carbonyl (C=O) groups is 2. The third kappa shape index (κ3) is 8.19. The van der Waals surface area contributed by atoms with E-state index in [4.69, 9.17) is 27.9 Å². The number of aromatic nitrogens is 4. The number of esters is 1. The van der Waals surface area contributed by atoms with Gasteiger partial charge in [-0.25, -0.2) is 24.7 Å². The molecule has 0 N–H and O–H groups in total. The van der Waals surface area contributed by atoms with Crippen molar-refractivity contribution in [3.8, 4) is 0 Å². The van der Waals surface area contributed by atoms with Gasteiger partial charge in [-0.1, -0.05) is 83.9 Å². The molecule has 0 fully saturated rings. The monoisotopic (exact) mass is 676 g/mol. The molecule has 6 aromatic rings. The van der Waals surface area contributed by atoms with E-state index in [9.17, 15) is 9.59 Å². The van der Waals surface area contributed by atoms with Crippen LogP contribution in [0.25, 0.3) is 0 Å². The Morgan fingerprint density at radius 3 is 1.33 bits per heavy atom. The number of benzene rings is 4. The van der Waals surface area contributed by atoms with Crippen molar-refractivity contribution in [2.75, 3.05) is 16.4 Å². The van der Waals surface area contributed by atoms with E-state index >= 15 is 0 Å². The van der Waals surface area contributed by atoms with E-state index in [-0.39, 0.29) is 5.78 Å². The maximum absolute atomic E-state index is 11.8. The quantitative estimate of drug-likeness (QED) is 0.109. The molecule has 240 valence electrons. The minimum absolute atomic E-state index is 0.0689. The van der Waals surface area contributed by atoms with Crippen LogP contribution in [0.3, 0.4) is 0 Å². The minimum atomic E-state index is -0.446. The highest BCUT2D eigenvalue weighted by molar-refractivity contribution is 6.34. The molecule has 0 bridgehead atoms. The number of hydrogen-bond acceptors (Lipinski definition) is 9. The molecule has 9 nitrogen and oxygen atoms in total. The molecular formula is C37H30Cl2N6O3. The molecule has 0 atom stereocenters. The number of nitrogens with zero attached hydrogens (tertiary/aromatic N) is 6. The van der Waals surface area contributed by atoms with Crippen molar-refractivity contribution in [3.05, 3.63) is 155 Å². The number of para-hydroxylation sites is 4. The molecule has 0 aliphatic heterocycles. The number of rotatable bonds is 9. The summed E-state index contributed by atoms with van der Waals surface area (Å²) in [5, 5.41) is 1.17. The molecule has 0 saturated carbocycles. The van der Waals surface area contributed by atoms with Gasteiger partial charge in [-0.3, -0.25) is 14.6 Å². The Labute approximate surface area is 288 Å². The number of Topliss-reactive ketones (excluding diaryl/α,β-unsaturated/α-hetero) is 1. The van der Waals surface area contributed by atoms with Gasteiger partial charge in [0.2, 0.25) is 11.9 Å². The summed E-state index contributed by atoms with van der Waals surface area (Å²) in [4.78, 5) is 44.2. The summed E-state index contributed by atoms with van der Waals surface area (Å²) in [6, 6.07) is 34.3. The maximum Gasteiger partial charge on any atom is 0.341 e. The Hall–Kier alpha value is -5.64. The minimum Gasteiger partial charge on any atom is -0.462 e. The summed E-state index contributed by atoms with van der Waals surface area (Å²) in [5.41, 5.74) is 4.05. The van der Waals surface area contributed by atoms with E-state index in [0.717, 1.165) is 22.7 Å². The Balaban J connectivity index is 0.000000188. The first-order valence-electron chi connectivity index (χ1n) is 14.9. The van der Waals surface area contributed by atoms with Gasteiger partial charge in [0.05, 0.1) is 39.2 Å². The summed E-state index contributed by atoms with van der Waals surface area (Å²) in [6.45, 7) is 3.54. The Morgan fingerprint density at radius 1 is 0.583 bits per heavy atom. The lowest BCUT2D eigenvalue weighted by Crippen LogP contribution is -2.15. The SMILES string of the molecule is CC(=O)c1cnc(N(c2ccccc2)c2ccccc2Cl)nc1.CCOC(=O)c1cnc(N(c2ccccc2)c2ccccc2Cl)nc1. The Morgan fingerprint density at radius 2 is 0.958 bits per heavy atom. The fraction of sp³-hybridized carbons (Fsp3) is 0.0811. The van der Waals surface area contributed by atoms with Gasteiger partial charge in [0.25, 0.3) is 0 Å². The van der Waals surface area contributed by atoms with Crippen LogP contribution in [0.15, 0.2) is 134 Å². The molecular weight excluding hydrogens is 647 g/mol. The lowest BCUT2D eigenvalue weighted by molar-refractivity contribution is 0.0525. The van der Waals surface area contributed by atoms with Crippen molar-refractivity contribution in [3.63, 3.8) is 0 Å². The number of anilines is 6. The molecule has 2 aromatic heterocycles. The van der Waals surface area contributed by atoms with Gasteiger partial charge in [-0.2, -0.15) is 0 Å². The van der Waals surface area contributed by atoms with Crippen LogP contribution in [-0.4, -0.2) is 38.3 Å². The topological polar surface area (TPSA) is 101 Å². The molecule has 11 heteroatoms. The van der Waals surface area contributed by atoms with Crippen molar-refractivity contribution < 1.29 is 14.3 Å². The van der Waals surface area contributed by atoms with Crippen LogP contribution >= 0.6 is 23.2 Å². The maximum atomic E-state index is 11.8. The predicted molar refractivity (Wildman–Crippen MR) is 189 cm³/mol. The molecule has 0 spiro atoms. The smallest absolute Gasteiger partial charge is 0.341 e. The van der Waals surface area contributed by atoms with Crippen LogP contribution < -0.4 is 9.80 Å². The average Bonchev–Trinajstić information content (AvgIpc) is 3.12. The van der Waals surface area contributed by atoms with Gasteiger partial charge in [0.1, 0.15) is 0 Å². The Bertz CT molecular complexity index is 1960. The van der Waals surface area contributed by atoms with Crippen LogP contribution in [0.2, 0.25) is 10.0 Å². The van der Waals surface area contributed by atoms with Crippen molar-refractivity contribution >= 4 is 69.6 Å². The molecule has 0 amide bonds. The highest BCUT2D eigenvalue weighted by atomic mass is 35.5. The zero-order valence-corrected chi connectivity index (χ0v) is 27.6. The first-order chi connectivity index (χ1) is 23.4. The molecule has 0 aliphatic carbocycles. The third-order valence-corrected chi connectivity index (χ3v) is 7.45. The number of halogens is 2. The van der Waals surface area contributed by atoms with E-state index in [2.05, 4.69) is 19.9 Å². The van der Waals surface area contributed by atoms with Crippen molar-refractivity contribution in [2.24, 2.45) is 0 Å². The van der Waals surface area contributed by atoms with Crippen LogP contribution in [0, 0.1) is 0 Å². The third-order valence-electron chi connectivity index (χ3n) is 6.81.